The van der Waals surface area contributed by atoms with E-state index in [0.29, 0.717) is 5.92 Å². The largest absolute Gasteiger partial charge is 0.381 e. The average molecular weight is 227 g/mol. The lowest BCUT2D eigenvalue weighted by Gasteiger charge is -2.22. The Morgan fingerprint density at radius 3 is 3.06 bits per heavy atom. The van der Waals surface area contributed by atoms with Crippen LogP contribution in [0.3, 0.4) is 0 Å². The summed E-state index contributed by atoms with van der Waals surface area (Å²) in [5.74, 6) is 1.23. The molecule has 2 heterocycles. The quantitative estimate of drug-likeness (QED) is 0.514. The molecule has 0 bridgehead atoms. The molecule has 0 amide bonds. The van der Waals surface area contributed by atoms with E-state index >= 15 is 0 Å². The van der Waals surface area contributed by atoms with Gasteiger partial charge >= 0.3 is 0 Å². The molecule has 0 spiro atoms. The van der Waals surface area contributed by atoms with E-state index in [1.165, 1.54) is 0 Å². The topological polar surface area (TPSA) is 58.8 Å². The first-order chi connectivity index (χ1) is 7.66. The number of nitrogens with zero attached hydrogens (tertiary/aromatic N) is 3. The Morgan fingerprint density at radius 2 is 2.44 bits per heavy atom. The maximum atomic E-state index is 10.5. The molecule has 2 saturated heterocycles. The monoisotopic (exact) mass is 227 g/mol. The van der Waals surface area contributed by atoms with Crippen molar-refractivity contribution in [3.8, 4) is 0 Å². The fourth-order valence-corrected chi connectivity index (χ4v) is 2.24. The van der Waals surface area contributed by atoms with Gasteiger partial charge in [0.15, 0.2) is 5.82 Å². The highest BCUT2D eigenvalue weighted by Gasteiger charge is 2.28. The highest BCUT2D eigenvalue weighted by atomic mass is 16.6. The molecule has 2 aliphatic rings. The molecule has 6 nitrogen and oxygen atoms in total. The fourth-order valence-electron chi connectivity index (χ4n) is 2.24. The third-order valence-corrected chi connectivity index (χ3v) is 3.14. The Hall–Kier alpha value is -1.30. The summed E-state index contributed by atoms with van der Waals surface area (Å²) in [4.78, 5) is 14.2. The number of ether oxygens (including phenoxy) is 1. The summed E-state index contributed by atoms with van der Waals surface area (Å²) in [6.45, 7) is 4.19. The molecular formula is C10H17N3O3. The molecule has 0 aliphatic carbocycles. The minimum atomic E-state index is -0.380. The van der Waals surface area contributed by atoms with E-state index in [1.807, 2.05) is 11.9 Å². The third kappa shape index (κ3) is 2.44. The Kier molecular flexibility index (Phi) is 3.28. The molecule has 2 fully saturated rings. The van der Waals surface area contributed by atoms with Gasteiger partial charge in [0.1, 0.15) is 0 Å². The van der Waals surface area contributed by atoms with Crippen LogP contribution in [0, 0.1) is 16.0 Å². The average Bonchev–Trinajstić information content (AvgIpc) is 2.82. The van der Waals surface area contributed by atoms with Crippen LogP contribution in [0.2, 0.25) is 0 Å². The highest BCUT2D eigenvalue weighted by molar-refractivity contribution is 5.02. The van der Waals surface area contributed by atoms with Gasteiger partial charge in [0.25, 0.3) is 6.20 Å². The minimum absolute atomic E-state index is 0.380. The number of hydrogen-bond acceptors (Lipinski definition) is 5. The first kappa shape index (κ1) is 11.2. The molecule has 1 atom stereocenters. The van der Waals surface area contributed by atoms with Gasteiger partial charge in [-0.2, -0.15) is 0 Å². The van der Waals surface area contributed by atoms with Gasteiger partial charge in [0.05, 0.1) is 11.5 Å². The zero-order chi connectivity index (χ0) is 11.5. The van der Waals surface area contributed by atoms with Crippen LogP contribution in [0.5, 0.6) is 0 Å². The predicted octanol–water partition coefficient (Wildman–Crippen LogP) is 0.346. The third-order valence-electron chi connectivity index (χ3n) is 3.14. The van der Waals surface area contributed by atoms with E-state index in [9.17, 15) is 10.1 Å². The summed E-state index contributed by atoms with van der Waals surface area (Å²) in [5, 5.41) is 10.5. The lowest BCUT2D eigenvalue weighted by Crippen LogP contribution is -2.28. The van der Waals surface area contributed by atoms with Crippen LogP contribution < -0.4 is 0 Å². The molecular weight excluding hydrogens is 210 g/mol. The highest BCUT2D eigenvalue weighted by Crippen LogP contribution is 2.21. The van der Waals surface area contributed by atoms with Crippen molar-refractivity contribution in [3.63, 3.8) is 0 Å². The molecule has 0 saturated carbocycles. The second kappa shape index (κ2) is 4.69. The van der Waals surface area contributed by atoms with Gasteiger partial charge in [-0.05, 0) is 6.42 Å². The van der Waals surface area contributed by atoms with Gasteiger partial charge < -0.3 is 14.5 Å². The summed E-state index contributed by atoms with van der Waals surface area (Å²) in [5.41, 5.74) is 0. The van der Waals surface area contributed by atoms with Crippen molar-refractivity contribution in [3.05, 3.63) is 22.1 Å². The Balaban J connectivity index is 1.99. The fraction of sp³-hybridized carbons (Fsp3) is 0.800. The van der Waals surface area contributed by atoms with Gasteiger partial charge in [-0.15, -0.1) is 0 Å². The molecule has 6 heteroatoms. The number of nitro groups is 1. The van der Waals surface area contributed by atoms with Crippen molar-refractivity contribution in [1.29, 1.82) is 0 Å². The standard InChI is InChI=1S/C10H17N3O3/c1-11-3-4-12(10(11)7-13(14)15)6-9-2-5-16-8-9/h7,9H,2-6,8H2,1H3. The zero-order valence-corrected chi connectivity index (χ0v) is 9.46. The van der Waals surface area contributed by atoms with Gasteiger partial charge in [-0.3, -0.25) is 10.1 Å². The normalized spacial score (nSPS) is 28.1. The molecule has 0 aromatic heterocycles. The van der Waals surface area contributed by atoms with E-state index in [2.05, 4.69) is 4.90 Å². The maximum absolute atomic E-state index is 10.5. The molecule has 0 N–H and O–H groups in total. The predicted molar refractivity (Wildman–Crippen MR) is 58.2 cm³/mol. The van der Waals surface area contributed by atoms with Gasteiger partial charge in [-0.25, -0.2) is 0 Å². The number of rotatable bonds is 3. The smallest absolute Gasteiger partial charge is 0.274 e. The first-order valence-corrected chi connectivity index (χ1v) is 5.56. The van der Waals surface area contributed by atoms with Crippen molar-refractivity contribution < 1.29 is 9.66 Å². The number of likely N-dealkylation sites (N-methyl/N-ethyl adjacent to an activating group) is 1. The summed E-state index contributed by atoms with van der Waals surface area (Å²) in [6.07, 6.45) is 2.16. The van der Waals surface area contributed by atoms with Crippen LogP contribution in [-0.4, -0.2) is 54.6 Å². The Labute approximate surface area is 94.6 Å². The van der Waals surface area contributed by atoms with Crippen LogP contribution in [0.25, 0.3) is 0 Å². The molecule has 0 radical (unpaired) electrons. The summed E-state index contributed by atoms with van der Waals surface area (Å²) in [7, 11) is 1.89. The van der Waals surface area contributed by atoms with E-state index in [0.717, 1.165) is 51.3 Å². The summed E-state index contributed by atoms with van der Waals surface area (Å²) < 4.78 is 5.32. The summed E-state index contributed by atoms with van der Waals surface area (Å²) in [6, 6.07) is 0. The Morgan fingerprint density at radius 1 is 1.62 bits per heavy atom. The number of hydrogen-bond donors (Lipinski definition) is 0. The van der Waals surface area contributed by atoms with E-state index in [1.54, 1.807) is 0 Å². The van der Waals surface area contributed by atoms with E-state index < -0.39 is 0 Å². The van der Waals surface area contributed by atoms with E-state index in [4.69, 9.17) is 4.74 Å². The van der Waals surface area contributed by atoms with Gasteiger partial charge in [-0.1, -0.05) is 0 Å². The van der Waals surface area contributed by atoms with Crippen LogP contribution in [0.1, 0.15) is 6.42 Å². The molecule has 0 aromatic rings. The minimum Gasteiger partial charge on any atom is -0.381 e. The molecule has 2 aliphatic heterocycles. The van der Waals surface area contributed by atoms with E-state index in [-0.39, 0.29) is 4.92 Å². The van der Waals surface area contributed by atoms with Crippen molar-refractivity contribution in [2.75, 3.05) is 39.9 Å². The SMILES string of the molecule is CN1CCN(CC2CCOC2)C1=C[N+](=O)[O-]. The second-order valence-electron chi connectivity index (χ2n) is 4.37. The lowest BCUT2D eigenvalue weighted by molar-refractivity contribution is -0.405. The van der Waals surface area contributed by atoms with Crippen LogP contribution >= 0.6 is 0 Å². The molecule has 16 heavy (non-hydrogen) atoms. The van der Waals surface area contributed by atoms with Crippen LogP contribution in [0.4, 0.5) is 0 Å². The van der Waals surface area contributed by atoms with Crippen molar-refractivity contribution in [2.24, 2.45) is 5.92 Å². The molecule has 1 unspecified atom stereocenters. The molecule has 90 valence electrons. The van der Waals surface area contributed by atoms with Crippen molar-refractivity contribution in [1.82, 2.24) is 9.80 Å². The van der Waals surface area contributed by atoms with Crippen LogP contribution in [0.15, 0.2) is 12.0 Å². The molecule has 0 aromatic carbocycles. The Bertz CT molecular complexity index is 300. The van der Waals surface area contributed by atoms with Crippen molar-refractivity contribution in [2.45, 2.75) is 6.42 Å². The zero-order valence-electron chi connectivity index (χ0n) is 9.46. The molecule has 2 rings (SSSR count). The van der Waals surface area contributed by atoms with Crippen LogP contribution in [-0.2, 0) is 4.74 Å². The lowest BCUT2D eigenvalue weighted by atomic mass is 10.1. The summed E-state index contributed by atoms with van der Waals surface area (Å²) >= 11 is 0. The first-order valence-electron chi connectivity index (χ1n) is 5.56. The van der Waals surface area contributed by atoms with Gasteiger partial charge in [0, 0.05) is 39.2 Å². The maximum Gasteiger partial charge on any atom is 0.274 e. The van der Waals surface area contributed by atoms with Gasteiger partial charge in [0.2, 0.25) is 0 Å². The van der Waals surface area contributed by atoms with Crippen molar-refractivity contribution >= 4 is 0 Å². The second-order valence-corrected chi connectivity index (χ2v) is 4.37.